The van der Waals surface area contributed by atoms with Gasteiger partial charge in [-0.1, -0.05) is 46.3 Å². The van der Waals surface area contributed by atoms with Crippen molar-refractivity contribution in [1.29, 1.82) is 0 Å². The molecule has 0 aliphatic carbocycles. The average molecular weight is 318 g/mol. The fourth-order valence-corrected chi connectivity index (χ4v) is 2.42. The van der Waals surface area contributed by atoms with Crippen LogP contribution in [0.2, 0.25) is 0 Å². The third-order valence-electron chi connectivity index (χ3n) is 3.55. The molecule has 0 saturated carbocycles. The number of aromatic nitrogens is 4. The lowest BCUT2D eigenvalue weighted by molar-refractivity contribution is 0.526. The second-order valence-electron chi connectivity index (χ2n) is 5.24. The second kappa shape index (κ2) is 5.96. The van der Waals surface area contributed by atoms with Gasteiger partial charge < -0.3 is 9.73 Å². The molecule has 0 bridgehead atoms. The first-order chi connectivity index (χ1) is 11.8. The molecular weight excluding hydrogens is 304 g/mol. The lowest BCUT2D eigenvalue weighted by Gasteiger charge is -2.07. The van der Waals surface area contributed by atoms with Crippen molar-refractivity contribution in [2.75, 3.05) is 5.32 Å². The number of hydrogen-bond donors (Lipinski definition) is 1. The first-order valence-corrected chi connectivity index (χ1v) is 7.43. The van der Waals surface area contributed by atoms with E-state index in [4.69, 9.17) is 4.42 Å². The number of fused-ring (bicyclic) bond motifs is 1. The zero-order valence-electron chi connectivity index (χ0n) is 12.9. The Hall–Kier alpha value is -3.48. The van der Waals surface area contributed by atoms with Crippen LogP contribution < -0.4 is 5.32 Å². The highest BCUT2D eigenvalue weighted by Crippen LogP contribution is 2.25. The number of nitrogens with one attached hydrogen (secondary N) is 1. The molecule has 2 aromatic carbocycles. The van der Waals surface area contributed by atoms with Crippen LogP contribution in [0.3, 0.4) is 0 Å². The molecule has 0 spiro atoms. The van der Waals surface area contributed by atoms with Gasteiger partial charge in [0.05, 0.1) is 6.21 Å². The summed E-state index contributed by atoms with van der Waals surface area (Å²) in [7, 11) is 0. The van der Waals surface area contributed by atoms with E-state index < -0.39 is 0 Å². The predicted octanol–water partition coefficient (Wildman–Crippen LogP) is 3.35. The molecule has 2 aromatic heterocycles. The highest BCUT2D eigenvalue weighted by molar-refractivity contribution is 5.94. The van der Waals surface area contributed by atoms with E-state index in [1.807, 2.05) is 49.4 Å². The van der Waals surface area contributed by atoms with Crippen molar-refractivity contribution < 1.29 is 4.42 Å². The number of benzene rings is 2. The van der Waals surface area contributed by atoms with Gasteiger partial charge in [-0.05, 0) is 40.9 Å². The molecule has 0 aliphatic heterocycles. The van der Waals surface area contributed by atoms with Crippen LogP contribution in [0.1, 0.15) is 11.5 Å². The largest absolute Gasteiger partial charge is 0.460 e. The number of hydrogen-bond acceptors (Lipinski definition) is 6. The summed E-state index contributed by atoms with van der Waals surface area (Å²) >= 11 is 0. The fourth-order valence-electron chi connectivity index (χ4n) is 2.42. The molecule has 0 saturated heterocycles. The number of rotatable bonds is 4. The summed E-state index contributed by atoms with van der Waals surface area (Å²) in [6.45, 7) is 1.88. The fraction of sp³-hybridized carbons (Fsp3) is 0.0588. The first-order valence-electron chi connectivity index (χ1n) is 7.43. The normalized spacial score (nSPS) is 11.4. The van der Waals surface area contributed by atoms with Gasteiger partial charge in [0, 0.05) is 11.1 Å². The maximum atomic E-state index is 5.45. The van der Waals surface area contributed by atoms with E-state index in [2.05, 4.69) is 38.1 Å². The van der Waals surface area contributed by atoms with Crippen LogP contribution in [-0.4, -0.2) is 26.5 Å². The van der Waals surface area contributed by atoms with E-state index in [0.717, 1.165) is 22.2 Å². The van der Waals surface area contributed by atoms with E-state index in [1.165, 1.54) is 4.79 Å². The Morgan fingerprint density at radius 1 is 1.08 bits per heavy atom. The molecule has 0 amide bonds. The molecule has 0 atom stereocenters. The van der Waals surface area contributed by atoms with E-state index in [1.54, 1.807) is 6.21 Å². The van der Waals surface area contributed by atoms with Crippen molar-refractivity contribution in [1.82, 2.24) is 20.3 Å². The summed E-state index contributed by atoms with van der Waals surface area (Å²) in [5.74, 6) is 1.88. The third-order valence-corrected chi connectivity index (χ3v) is 3.55. The summed E-state index contributed by atoms with van der Waals surface area (Å²) < 4.78 is 5.45. The highest BCUT2D eigenvalue weighted by Gasteiger charge is 2.07. The summed E-state index contributed by atoms with van der Waals surface area (Å²) in [6.07, 6.45) is 1.57. The van der Waals surface area contributed by atoms with Crippen LogP contribution in [-0.2, 0) is 0 Å². The summed E-state index contributed by atoms with van der Waals surface area (Å²) in [6, 6.07) is 17.8. The van der Waals surface area contributed by atoms with Crippen LogP contribution in [0.4, 0.5) is 11.6 Å². The Morgan fingerprint density at radius 3 is 2.83 bits per heavy atom. The second-order valence-corrected chi connectivity index (χ2v) is 5.24. The van der Waals surface area contributed by atoms with Gasteiger partial charge in [-0.25, -0.2) is 0 Å². The van der Waals surface area contributed by atoms with Gasteiger partial charge in [0.2, 0.25) is 0 Å². The molecule has 2 heterocycles. The predicted molar refractivity (Wildman–Crippen MR) is 91.5 cm³/mol. The number of anilines is 2. The molecule has 0 fully saturated rings. The number of aryl methyl sites for hydroxylation is 1. The number of nitrogens with zero attached hydrogens (tertiary/aromatic N) is 5. The Labute approximate surface area is 137 Å². The van der Waals surface area contributed by atoms with Gasteiger partial charge in [-0.2, -0.15) is 5.10 Å². The molecule has 4 aromatic rings. The van der Waals surface area contributed by atoms with Crippen molar-refractivity contribution in [2.24, 2.45) is 5.10 Å². The maximum Gasteiger partial charge on any atom is 0.269 e. The van der Waals surface area contributed by atoms with Crippen molar-refractivity contribution in [3.8, 4) is 0 Å². The first kappa shape index (κ1) is 14.1. The van der Waals surface area contributed by atoms with Crippen LogP contribution >= 0.6 is 0 Å². The third kappa shape index (κ3) is 2.74. The van der Waals surface area contributed by atoms with E-state index in [-0.39, 0.29) is 0 Å². The standard InChI is InChI=1S/C17H14N6O/c1-12-9-10-14(24-12)11-18-23-17(20-21-22-23)19-16-8-4-6-13-5-2-3-7-15(13)16/h2-11H,1H3,(H,19,20,22). The van der Waals surface area contributed by atoms with Gasteiger partial charge in [0.15, 0.2) is 0 Å². The van der Waals surface area contributed by atoms with Crippen LogP contribution in [0, 0.1) is 6.92 Å². The molecule has 0 radical (unpaired) electrons. The minimum absolute atomic E-state index is 0.422. The Kier molecular flexibility index (Phi) is 3.51. The summed E-state index contributed by atoms with van der Waals surface area (Å²) in [5, 5.41) is 21.2. The summed E-state index contributed by atoms with van der Waals surface area (Å²) in [4.78, 5) is 1.32. The minimum Gasteiger partial charge on any atom is -0.460 e. The molecular formula is C17H14N6O. The van der Waals surface area contributed by atoms with Crippen molar-refractivity contribution >= 4 is 28.6 Å². The van der Waals surface area contributed by atoms with Crippen molar-refractivity contribution in [2.45, 2.75) is 6.92 Å². The van der Waals surface area contributed by atoms with E-state index in [9.17, 15) is 0 Å². The lowest BCUT2D eigenvalue weighted by Crippen LogP contribution is -2.01. The zero-order valence-corrected chi connectivity index (χ0v) is 12.9. The van der Waals surface area contributed by atoms with Crippen LogP contribution in [0.25, 0.3) is 10.8 Å². The average Bonchev–Trinajstić information content (AvgIpc) is 3.22. The smallest absolute Gasteiger partial charge is 0.269 e. The molecule has 0 aliphatic rings. The molecule has 7 heteroatoms. The Morgan fingerprint density at radius 2 is 1.96 bits per heavy atom. The van der Waals surface area contributed by atoms with Crippen molar-refractivity contribution in [3.05, 3.63) is 66.1 Å². The van der Waals surface area contributed by atoms with Crippen LogP contribution in [0.15, 0.2) is 64.1 Å². The topological polar surface area (TPSA) is 81.1 Å². The maximum absolute atomic E-state index is 5.45. The molecule has 0 unspecified atom stereocenters. The number of furan rings is 1. The van der Waals surface area contributed by atoms with E-state index >= 15 is 0 Å². The van der Waals surface area contributed by atoms with E-state index in [0.29, 0.717) is 11.7 Å². The number of tetrazole rings is 1. The van der Waals surface area contributed by atoms with Gasteiger partial charge in [-0.3, -0.25) is 0 Å². The van der Waals surface area contributed by atoms with Gasteiger partial charge in [-0.15, -0.1) is 0 Å². The highest BCUT2D eigenvalue weighted by atomic mass is 16.3. The van der Waals surface area contributed by atoms with Crippen molar-refractivity contribution in [3.63, 3.8) is 0 Å². The lowest BCUT2D eigenvalue weighted by atomic mass is 10.1. The molecule has 4 rings (SSSR count). The zero-order chi connectivity index (χ0) is 16.4. The summed E-state index contributed by atoms with van der Waals surface area (Å²) in [5.41, 5.74) is 0.910. The molecule has 24 heavy (non-hydrogen) atoms. The Balaban J connectivity index is 1.64. The SMILES string of the molecule is Cc1ccc(C=Nn2nnnc2Nc2cccc3ccccc23)o1. The molecule has 7 nitrogen and oxygen atoms in total. The van der Waals surface area contributed by atoms with Crippen LogP contribution in [0.5, 0.6) is 0 Å². The van der Waals surface area contributed by atoms with Gasteiger partial charge >= 0.3 is 0 Å². The molecule has 1 N–H and O–H groups in total. The van der Waals surface area contributed by atoms with Gasteiger partial charge in [0.25, 0.3) is 5.95 Å². The Bertz CT molecular complexity index is 1010. The quantitative estimate of drug-likeness (QED) is 0.584. The monoisotopic (exact) mass is 318 g/mol. The van der Waals surface area contributed by atoms with Gasteiger partial charge in [0.1, 0.15) is 11.5 Å². The molecule has 118 valence electrons. The minimum atomic E-state index is 0.422.